The quantitative estimate of drug-likeness (QED) is 0.910. The van der Waals surface area contributed by atoms with Gasteiger partial charge in [0.1, 0.15) is 17.4 Å². The van der Waals surface area contributed by atoms with E-state index in [4.69, 9.17) is 10.5 Å². The van der Waals surface area contributed by atoms with Gasteiger partial charge in [-0.05, 0) is 24.1 Å². The van der Waals surface area contributed by atoms with Gasteiger partial charge in [-0.15, -0.1) is 0 Å². The molecule has 1 aliphatic heterocycles. The number of halogens is 2. The first-order valence-electron chi connectivity index (χ1n) is 6.59. The van der Waals surface area contributed by atoms with E-state index in [0.717, 1.165) is 23.8 Å². The van der Waals surface area contributed by atoms with E-state index in [1.807, 2.05) is 24.3 Å². The van der Waals surface area contributed by atoms with Crippen molar-refractivity contribution >= 4 is 0 Å². The van der Waals surface area contributed by atoms with Crippen molar-refractivity contribution in [3.05, 3.63) is 65.2 Å². The Morgan fingerprint density at radius 1 is 1.15 bits per heavy atom. The Hall–Kier alpha value is -1.94. The second-order valence-corrected chi connectivity index (χ2v) is 4.97. The minimum Gasteiger partial charge on any atom is -0.493 e. The smallest absolute Gasteiger partial charge is 0.130 e. The first-order chi connectivity index (χ1) is 9.66. The number of hydrogen-bond acceptors (Lipinski definition) is 2. The summed E-state index contributed by atoms with van der Waals surface area (Å²) >= 11 is 0. The highest BCUT2D eigenvalue weighted by molar-refractivity contribution is 5.40. The van der Waals surface area contributed by atoms with Crippen LogP contribution >= 0.6 is 0 Å². The minimum absolute atomic E-state index is 0.0279. The largest absolute Gasteiger partial charge is 0.493 e. The molecular weight excluding hydrogens is 260 g/mol. The number of para-hydroxylation sites is 1. The second kappa shape index (κ2) is 5.21. The van der Waals surface area contributed by atoms with Crippen molar-refractivity contribution in [1.82, 2.24) is 0 Å². The predicted molar refractivity (Wildman–Crippen MR) is 72.6 cm³/mol. The average Bonchev–Trinajstić information content (AvgIpc) is 2.46. The number of benzene rings is 2. The molecule has 2 atom stereocenters. The van der Waals surface area contributed by atoms with E-state index in [-0.39, 0.29) is 5.92 Å². The molecule has 0 saturated carbocycles. The molecule has 2 nitrogen and oxygen atoms in total. The van der Waals surface area contributed by atoms with Crippen LogP contribution in [0.15, 0.2) is 42.5 Å². The van der Waals surface area contributed by atoms with Crippen LogP contribution in [0, 0.1) is 11.6 Å². The molecule has 0 aliphatic carbocycles. The molecule has 104 valence electrons. The summed E-state index contributed by atoms with van der Waals surface area (Å²) < 4.78 is 32.5. The molecule has 3 rings (SSSR count). The number of nitrogens with two attached hydrogens (primary N) is 1. The Labute approximate surface area is 116 Å². The third kappa shape index (κ3) is 2.27. The van der Waals surface area contributed by atoms with Gasteiger partial charge in [0.15, 0.2) is 0 Å². The molecule has 2 aromatic rings. The lowest BCUT2D eigenvalue weighted by Crippen LogP contribution is -2.26. The van der Waals surface area contributed by atoms with Gasteiger partial charge in [-0.1, -0.05) is 24.3 Å². The zero-order chi connectivity index (χ0) is 14.1. The lowest BCUT2D eigenvalue weighted by atomic mass is 9.83. The molecule has 0 amide bonds. The molecule has 4 heteroatoms. The molecule has 1 heterocycles. The van der Waals surface area contributed by atoms with Crippen LogP contribution in [0.5, 0.6) is 5.75 Å². The van der Waals surface area contributed by atoms with E-state index in [2.05, 4.69) is 0 Å². The van der Waals surface area contributed by atoms with Crippen LogP contribution in [0.1, 0.15) is 29.5 Å². The summed E-state index contributed by atoms with van der Waals surface area (Å²) in [6.45, 7) is 0.554. The standard InChI is InChI=1S/C16H15F2NO/c17-10-5-6-13(14(18)9-10)16(19)12-7-8-20-15-4-2-1-3-11(12)15/h1-6,9,12,16H,7-8,19H2. The van der Waals surface area contributed by atoms with Gasteiger partial charge in [-0.25, -0.2) is 8.78 Å². The van der Waals surface area contributed by atoms with Crippen LogP contribution in [0.4, 0.5) is 8.78 Å². The normalized spacial score (nSPS) is 19.1. The highest BCUT2D eigenvalue weighted by Crippen LogP contribution is 2.40. The average molecular weight is 275 g/mol. The van der Waals surface area contributed by atoms with E-state index in [0.29, 0.717) is 12.2 Å². The fraction of sp³-hybridized carbons (Fsp3) is 0.250. The van der Waals surface area contributed by atoms with Crippen molar-refractivity contribution in [3.8, 4) is 5.75 Å². The van der Waals surface area contributed by atoms with Crippen molar-refractivity contribution in [2.24, 2.45) is 5.73 Å². The van der Waals surface area contributed by atoms with Crippen LogP contribution in [0.2, 0.25) is 0 Å². The van der Waals surface area contributed by atoms with Gasteiger partial charge in [0.05, 0.1) is 6.61 Å². The first-order valence-corrected chi connectivity index (χ1v) is 6.59. The molecule has 0 fully saturated rings. The molecule has 20 heavy (non-hydrogen) atoms. The Bertz CT molecular complexity index is 630. The second-order valence-electron chi connectivity index (χ2n) is 4.97. The Morgan fingerprint density at radius 3 is 2.75 bits per heavy atom. The summed E-state index contributed by atoms with van der Waals surface area (Å²) in [6.07, 6.45) is 0.717. The maximum Gasteiger partial charge on any atom is 0.130 e. The summed E-state index contributed by atoms with van der Waals surface area (Å²) in [4.78, 5) is 0. The van der Waals surface area contributed by atoms with Crippen molar-refractivity contribution in [2.75, 3.05) is 6.61 Å². The van der Waals surface area contributed by atoms with Crippen LogP contribution in [-0.4, -0.2) is 6.61 Å². The van der Waals surface area contributed by atoms with Crippen molar-refractivity contribution in [2.45, 2.75) is 18.4 Å². The number of fused-ring (bicyclic) bond motifs is 1. The fourth-order valence-electron chi connectivity index (χ4n) is 2.73. The monoisotopic (exact) mass is 275 g/mol. The maximum absolute atomic E-state index is 13.9. The van der Waals surface area contributed by atoms with Crippen molar-refractivity contribution in [3.63, 3.8) is 0 Å². The van der Waals surface area contributed by atoms with Gasteiger partial charge < -0.3 is 10.5 Å². The summed E-state index contributed by atoms with van der Waals surface area (Å²) in [5.74, 6) is -0.422. The molecule has 2 unspecified atom stereocenters. The van der Waals surface area contributed by atoms with Crippen molar-refractivity contribution in [1.29, 1.82) is 0 Å². The summed E-state index contributed by atoms with van der Waals surface area (Å²) in [7, 11) is 0. The van der Waals surface area contributed by atoms with Crippen molar-refractivity contribution < 1.29 is 13.5 Å². The number of hydrogen-bond donors (Lipinski definition) is 1. The Kier molecular flexibility index (Phi) is 3.40. The van der Waals surface area contributed by atoms with Gasteiger partial charge in [-0.3, -0.25) is 0 Å². The Morgan fingerprint density at radius 2 is 1.95 bits per heavy atom. The molecule has 2 N–H and O–H groups in total. The molecule has 1 aliphatic rings. The van der Waals surface area contributed by atoms with E-state index in [1.54, 1.807) is 0 Å². The third-order valence-corrected chi connectivity index (χ3v) is 3.76. The molecule has 0 bridgehead atoms. The van der Waals surface area contributed by atoms with E-state index in [9.17, 15) is 8.78 Å². The van der Waals surface area contributed by atoms with E-state index >= 15 is 0 Å². The van der Waals surface area contributed by atoms with Crippen LogP contribution in [-0.2, 0) is 0 Å². The van der Waals surface area contributed by atoms with E-state index < -0.39 is 17.7 Å². The molecule has 0 spiro atoms. The molecule has 0 saturated heterocycles. The maximum atomic E-state index is 13.9. The topological polar surface area (TPSA) is 35.2 Å². The lowest BCUT2D eigenvalue weighted by molar-refractivity contribution is 0.254. The SMILES string of the molecule is NC(c1ccc(F)cc1F)C1CCOc2ccccc21. The van der Waals surface area contributed by atoms with Crippen LogP contribution in [0.25, 0.3) is 0 Å². The number of rotatable bonds is 2. The number of ether oxygens (including phenoxy) is 1. The summed E-state index contributed by atoms with van der Waals surface area (Å²) in [5.41, 5.74) is 7.54. The van der Waals surface area contributed by atoms with Gasteiger partial charge in [0, 0.05) is 23.6 Å². The molecule has 2 aromatic carbocycles. The highest BCUT2D eigenvalue weighted by Gasteiger charge is 2.29. The lowest BCUT2D eigenvalue weighted by Gasteiger charge is -2.30. The fourth-order valence-corrected chi connectivity index (χ4v) is 2.73. The molecular formula is C16H15F2NO. The van der Waals surface area contributed by atoms with Crippen LogP contribution < -0.4 is 10.5 Å². The molecule has 0 aromatic heterocycles. The van der Waals surface area contributed by atoms with Gasteiger partial charge in [0.2, 0.25) is 0 Å². The van der Waals surface area contributed by atoms with Gasteiger partial charge in [0.25, 0.3) is 0 Å². The Balaban J connectivity index is 1.97. The zero-order valence-electron chi connectivity index (χ0n) is 10.9. The first kappa shape index (κ1) is 13.1. The summed E-state index contributed by atoms with van der Waals surface area (Å²) in [6, 6.07) is 10.7. The minimum atomic E-state index is -0.596. The van der Waals surface area contributed by atoms with Gasteiger partial charge in [-0.2, -0.15) is 0 Å². The third-order valence-electron chi connectivity index (χ3n) is 3.76. The summed E-state index contributed by atoms with van der Waals surface area (Å²) in [5, 5.41) is 0. The molecule has 0 radical (unpaired) electrons. The predicted octanol–water partition coefficient (Wildman–Crippen LogP) is 3.53. The van der Waals surface area contributed by atoms with Crippen LogP contribution in [0.3, 0.4) is 0 Å². The van der Waals surface area contributed by atoms with Gasteiger partial charge >= 0.3 is 0 Å². The van der Waals surface area contributed by atoms with E-state index in [1.165, 1.54) is 12.1 Å². The zero-order valence-corrected chi connectivity index (χ0v) is 10.9. The highest BCUT2D eigenvalue weighted by atomic mass is 19.1.